The summed E-state index contributed by atoms with van der Waals surface area (Å²) >= 11 is 0. The van der Waals surface area contributed by atoms with Gasteiger partial charge in [-0.1, -0.05) is 0 Å². The van der Waals surface area contributed by atoms with Crippen LogP contribution >= 0.6 is 0 Å². The highest BCUT2D eigenvalue weighted by Crippen LogP contribution is 2.21. The van der Waals surface area contributed by atoms with Crippen LogP contribution in [0.4, 0.5) is 0 Å². The van der Waals surface area contributed by atoms with E-state index >= 15 is 0 Å². The molecule has 7 heteroatoms. The van der Waals surface area contributed by atoms with E-state index in [1.807, 2.05) is 0 Å². The lowest BCUT2D eigenvalue weighted by Gasteiger charge is -2.32. The lowest BCUT2D eigenvalue weighted by Crippen LogP contribution is -2.44. The minimum absolute atomic E-state index is 0.0907. The number of hydrogen-bond donors (Lipinski definition) is 0. The van der Waals surface area contributed by atoms with Crippen LogP contribution in [0.3, 0.4) is 0 Å². The van der Waals surface area contributed by atoms with E-state index < -0.39 is 0 Å². The summed E-state index contributed by atoms with van der Waals surface area (Å²) in [5.41, 5.74) is 0.468. The number of piperidine rings is 1. The van der Waals surface area contributed by atoms with Crippen molar-refractivity contribution in [1.29, 1.82) is 0 Å². The van der Waals surface area contributed by atoms with E-state index in [2.05, 4.69) is 15.2 Å². The molecule has 1 aliphatic rings. The van der Waals surface area contributed by atoms with Gasteiger partial charge in [0, 0.05) is 25.0 Å². The van der Waals surface area contributed by atoms with Crippen LogP contribution in [0.15, 0.2) is 36.7 Å². The summed E-state index contributed by atoms with van der Waals surface area (Å²) in [4.78, 5) is 18.5. The Kier molecular flexibility index (Phi) is 4.65. The van der Waals surface area contributed by atoms with E-state index in [9.17, 15) is 4.79 Å². The fourth-order valence-electron chi connectivity index (χ4n) is 2.63. The first kappa shape index (κ1) is 15.2. The van der Waals surface area contributed by atoms with Crippen molar-refractivity contribution >= 4 is 5.91 Å². The lowest BCUT2D eigenvalue weighted by molar-refractivity contribution is 0.0522. The second-order valence-electron chi connectivity index (χ2n) is 5.26. The Balaban J connectivity index is 1.69. The Bertz CT molecular complexity index is 665. The zero-order valence-corrected chi connectivity index (χ0v) is 12.9. The average Bonchev–Trinajstić information content (AvgIpc) is 2.62. The molecule has 0 N–H and O–H groups in total. The van der Waals surface area contributed by atoms with Crippen molar-refractivity contribution in [2.24, 2.45) is 0 Å². The molecule has 7 nitrogen and oxygen atoms in total. The number of ether oxygens (including phenoxy) is 2. The van der Waals surface area contributed by atoms with Crippen LogP contribution in [0.1, 0.15) is 23.2 Å². The van der Waals surface area contributed by atoms with Crippen LogP contribution in [-0.2, 0) is 0 Å². The Labute approximate surface area is 134 Å². The van der Waals surface area contributed by atoms with Crippen molar-refractivity contribution in [2.45, 2.75) is 18.9 Å². The lowest BCUT2D eigenvalue weighted by atomic mass is 10.1. The molecule has 120 valence electrons. The van der Waals surface area contributed by atoms with Gasteiger partial charge in [-0.2, -0.15) is 5.10 Å². The summed E-state index contributed by atoms with van der Waals surface area (Å²) in [5, 5.41) is 7.72. The van der Waals surface area contributed by atoms with Crippen LogP contribution in [0.25, 0.3) is 0 Å². The van der Waals surface area contributed by atoms with Gasteiger partial charge < -0.3 is 14.4 Å². The smallest absolute Gasteiger partial charge is 0.259 e. The molecule has 1 saturated heterocycles. The molecule has 0 aliphatic carbocycles. The van der Waals surface area contributed by atoms with Gasteiger partial charge in [0.25, 0.3) is 5.91 Å². The number of nitrogens with zero attached hydrogens (tertiary/aromatic N) is 4. The minimum Gasteiger partial charge on any atom is -0.480 e. The number of pyridine rings is 1. The molecule has 1 fully saturated rings. The number of methoxy groups -OCH3 is 1. The predicted molar refractivity (Wildman–Crippen MR) is 82.4 cm³/mol. The summed E-state index contributed by atoms with van der Waals surface area (Å²) < 4.78 is 11.0. The molecule has 1 atom stereocenters. The van der Waals surface area contributed by atoms with Crippen LogP contribution in [0.5, 0.6) is 11.8 Å². The number of carbonyl (C=O) groups excluding carboxylic acids is 1. The highest BCUT2D eigenvalue weighted by atomic mass is 16.5. The zero-order chi connectivity index (χ0) is 16.1. The monoisotopic (exact) mass is 314 g/mol. The second kappa shape index (κ2) is 7.04. The maximum Gasteiger partial charge on any atom is 0.259 e. The normalized spacial score (nSPS) is 17.6. The first-order valence-corrected chi connectivity index (χ1v) is 7.50. The number of hydrogen-bond acceptors (Lipinski definition) is 6. The summed E-state index contributed by atoms with van der Waals surface area (Å²) in [6.45, 7) is 1.20. The van der Waals surface area contributed by atoms with Crippen LogP contribution in [-0.4, -0.2) is 52.3 Å². The van der Waals surface area contributed by atoms with E-state index in [1.165, 1.54) is 7.11 Å². The van der Waals surface area contributed by atoms with E-state index in [4.69, 9.17) is 9.47 Å². The van der Waals surface area contributed by atoms with Gasteiger partial charge >= 0.3 is 0 Å². The van der Waals surface area contributed by atoms with Gasteiger partial charge in [0.2, 0.25) is 11.8 Å². The number of carbonyl (C=O) groups is 1. The van der Waals surface area contributed by atoms with Crippen LogP contribution in [0, 0.1) is 0 Å². The number of likely N-dealkylation sites (tertiary alicyclic amines) is 1. The highest BCUT2D eigenvalue weighted by Gasteiger charge is 2.27. The molecule has 1 aliphatic heterocycles. The first-order chi connectivity index (χ1) is 11.3. The maximum absolute atomic E-state index is 12.7. The fourth-order valence-corrected chi connectivity index (χ4v) is 2.63. The molecule has 23 heavy (non-hydrogen) atoms. The highest BCUT2D eigenvalue weighted by molar-refractivity contribution is 5.96. The molecule has 0 spiro atoms. The number of aromatic nitrogens is 3. The van der Waals surface area contributed by atoms with Gasteiger partial charge in [-0.15, -0.1) is 5.10 Å². The minimum atomic E-state index is -0.0950. The maximum atomic E-state index is 12.7. The first-order valence-electron chi connectivity index (χ1n) is 7.50. The van der Waals surface area contributed by atoms with Gasteiger partial charge in [0.15, 0.2) is 0 Å². The van der Waals surface area contributed by atoms with Crippen molar-refractivity contribution in [3.8, 4) is 11.8 Å². The van der Waals surface area contributed by atoms with E-state index in [0.717, 1.165) is 12.8 Å². The summed E-state index contributed by atoms with van der Waals surface area (Å²) in [7, 11) is 1.51. The zero-order valence-electron chi connectivity index (χ0n) is 12.9. The Hall–Kier alpha value is -2.70. The van der Waals surface area contributed by atoms with Gasteiger partial charge in [-0.05, 0) is 31.0 Å². The van der Waals surface area contributed by atoms with Crippen molar-refractivity contribution in [3.05, 3.63) is 42.2 Å². The van der Waals surface area contributed by atoms with Gasteiger partial charge in [0.05, 0.1) is 13.7 Å². The second-order valence-corrected chi connectivity index (χ2v) is 5.26. The third-order valence-corrected chi connectivity index (χ3v) is 3.70. The molecule has 2 aromatic rings. The molecule has 1 unspecified atom stereocenters. The fraction of sp³-hybridized carbons (Fsp3) is 0.375. The Morgan fingerprint density at radius 2 is 2.17 bits per heavy atom. The molecule has 0 saturated carbocycles. The average molecular weight is 314 g/mol. The molecule has 0 radical (unpaired) electrons. The Morgan fingerprint density at radius 1 is 1.30 bits per heavy atom. The van der Waals surface area contributed by atoms with Crippen LogP contribution in [0.2, 0.25) is 0 Å². The van der Waals surface area contributed by atoms with E-state index in [0.29, 0.717) is 30.4 Å². The molecular formula is C16H18N4O3. The molecule has 2 aromatic heterocycles. The predicted octanol–water partition coefficient (Wildman–Crippen LogP) is 1.56. The Morgan fingerprint density at radius 3 is 2.96 bits per heavy atom. The molecule has 3 rings (SSSR count). The quantitative estimate of drug-likeness (QED) is 0.852. The van der Waals surface area contributed by atoms with E-state index in [-0.39, 0.29) is 12.0 Å². The molecule has 3 heterocycles. The van der Waals surface area contributed by atoms with E-state index in [1.54, 1.807) is 41.6 Å². The third kappa shape index (κ3) is 3.56. The SMILES string of the molecule is COc1ncccc1C(=O)N1CCCC(Oc2cccnn2)C1. The topological polar surface area (TPSA) is 77.4 Å². The van der Waals surface area contributed by atoms with Crippen molar-refractivity contribution in [1.82, 2.24) is 20.1 Å². The summed E-state index contributed by atoms with van der Waals surface area (Å²) in [6, 6.07) is 6.99. The summed E-state index contributed by atoms with van der Waals surface area (Å²) in [6.07, 6.45) is 4.86. The standard InChI is InChI=1S/C16H18N4O3/c1-22-15-13(6-2-8-17-15)16(21)20-10-4-5-12(11-20)23-14-7-3-9-18-19-14/h2-3,6-9,12H,4-5,10-11H2,1H3. The largest absolute Gasteiger partial charge is 0.480 e. The molecule has 1 amide bonds. The number of amides is 1. The van der Waals surface area contributed by atoms with Gasteiger partial charge in [0.1, 0.15) is 11.7 Å². The summed E-state index contributed by atoms with van der Waals surface area (Å²) in [5.74, 6) is 0.725. The van der Waals surface area contributed by atoms with Crippen molar-refractivity contribution in [2.75, 3.05) is 20.2 Å². The van der Waals surface area contributed by atoms with Crippen LogP contribution < -0.4 is 9.47 Å². The van der Waals surface area contributed by atoms with Gasteiger partial charge in [-0.25, -0.2) is 4.98 Å². The van der Waals surface area contributed by atoms with Gasteiger partial charge in [-0.3, -0.25) is 4.79 Å². The molecule has 0 aromatic carbocycles. The third-order valence-electron chi connectivity index (χ3n) is 3.70. The molecular weight excluding hydrogens is 296 g/mol. The molecule has 0 bridgehead atoms. The number of rotatable bonds is 4. The van der Waals surface area contributed by atoms with Crippen molar-refractivity contribution < 1.29 is 14.3 Å². The van der Waals surface area contributed by atoms with Crippen molar-refractivity contribution in [3.63, 3.8) is 0 Å².